The summed E-state index contributed by atoms with van der Waals surface area (Å²) in [6.07, 6.45) is 1.55. The van der Waals surface area contributed by atoms with Gasteiger partial charge in [0, 0.05) is 17.6 Å². The molecule has 0 atom stereocenters. The number of hydrogen-bond acceptors (Lipinski definition) is 4. The number of rotatable bonds is 3. The van der Waals surface area contributed by atoms with E-state index < -0.39 is 10.0 Å². The molecule has 3 N–H and O–H groups in total. The van der Waals surface area contributed by atoms with Gasteiger partial charge in [0.2, 0.25) is 0 Å². The van der Waals surface area contributed by atoms with Gasteiger partial charge in [0.1, 0.15) is 0 Å². The first-order valence-corrected chi connectivity index (χ1v) is 7.18. The van der Waals surface area contributed by atoms with Crippen molar-refractivity contribution in [3.8, 4) is 0 Å². The highest BCUT2D eigenvalue weighted by atomic mass is 32.2. The Labute approximate surface area is 112 Å². The molecule has 0 aliphatic carbocycles. The molecular formula is C13H15N3O2S. The third-order valence-corrected chi connectivity index (χ3v) is 4.09. The Hall–Kier alpha value is -2.08. The van der Waals surface area contributed by atoms with Crippen molar-refractivity contribution in [2.45, 2.75) is 18.7 Å². The van der Waals surface area contributed by atoms with Crippen molar-refractivity contribution in [1.82, 2.24) is 4.98 Å². The Morgan fingerprint density at radius 2 is 1.89 bits per heavy atom. The molecule has 0 aliphatic heterocycles. The zero-order valence-electron chi connectivity index (χ0n) is 10.7. The Balaban J connectivity index is 2.35. The zero-order valence-corrected chi connectivity index (χ0v) is 11.5. The number of anilines is 2. The first-order chi connectivity index (χ1) is 8.88. The molecule has 1 heterocycles. The van der Waals surface area contributed by atoms with Crippen LogP contribution in [0.4, 0.5) is 11.4 Å². The molecule has 0 spiro atoms. The standard InChI is InChI=1S/C13H15N3O2S/c1-9-3-4-12(8-13(9)14)19(17,18)16-11-5-6-15-10(2)7-11/h3-8H,14H2,1-2H3,(H,15,16). The first-order valence-electron chi connectivity index (χ1n) is 5.70. The minimum Gasteiger partial charge on any atom is -0.398 e. The molecule has 0 unspecified atom stereocenters. The highest BCUT2D eigenvalue weighted by Gasteiger charge is 2.15. The number of nitrogens with one attached hydrogen (secondary N) is 1. The number of hydrogen-bond donors (Lipinski definition) is 2. The monoisotopic (exact) mass is 277 g/mol. The fraction of sp³-hybridized carbons (Fsp3) is 0.154. The summed E-state index contributed by atoms with van der Waals surface area (Å²) < 4.78 is 26.9. The predicted molar refractivity (Wildman–Crippen MR) is 75.4 cm³/mol. The van der Waals surface area contributed by atoms with E-state index in [-0.39, 0.29) is 4.90 Å². The topological polar surface area (TPSA) is 85.1 Å². The molecule has 2 aromatic rings. The molecule has 2 rings (SSSR count). The van der Waals surface area contributed by atoms with E-state index in [4.69, 9.17) is 5.73 Å². The van der Waals surface area contributed by atoms with Gasteiger partial charge in [0.15, 0.2) is 0 Å². The van der Waals surface area contributed by atoms with Crippen LogP contribution < -0.4 is 10.5 Å². The summed E-state index contributed by atoms with van der Waals surface area (Å²) >= 11 is 0. The second kappa shape index (κ2) is 4.89. The lowest BCUT2D eigenvalue weighted by atomic mass is 10.2. The lowest BCUT2D eigenvalue weighted by Crippen LogP contribution is -2.13. The van der Waals surface area contributed by atoms with Crippen LogP contribution in [0, 0.1) is 13.8 Å². The summed E-state index contributed by atoms with van der Waals surface area (Å²) in [4.78, 5) is 4.16. The van der Waals surface area contributed by atoms with E-state index in [0.29, 0.717) is 11.4 Å². The van der Waals surface area contributed by atoms with Crippen LogP contribution in [-0.2, 0) is 10.0 Å². The molecule has 0 bridgehead atoms. The van der Waals surface area contributed by atoms with Gasteiger partial charge in [0.25, 0.3) is 10.0 Å². The summed E-state index contributed by atoms with van der Waals surface area (Å²) in [5.74, 6) is 0. The van der Waals surface area contributed by atoms with Crippen LogP contribution in [0.3, 0.4) is 0 Å². The number of benzene rings is 1. The molecule has 0 aliphatic rings. The van der Waals surface area contributed by atoms with Crippen molar-refractivity contribution < 1.29 is 8.42 Å². The minimum atomic E-state index is -3.63. The zero-order chi connectivity index (χ0) is 14.0. The van der Waals surface area contributed by atoms with Crippen LogP contribution in [-0.4, -0.2) is 13.4 Å². The number of pyridine rings is 1. The van der Waals surface area contributed by atoms with E-state index in [1.165, 1.54) is 12.1 Å². The lowest BCUT2D eigenvalue weighted by Gasteiger charge is -2.09. The summed E-state index contributed by atoms with van der Waals surface area (Å²) in [5, 5.41) is 0. The SMILES string of the molecule is Cc1cc(NS(=O)(=O)c2ccc(C)c(N)c2)ccn1. The summed E-state index contributed by atoms with van der Waals surface area (Å²) in [6, 6.07) is 7.92. The molecule has 1 aromatic carbocycles. The van der Waals surface area contributed by atoms with Crippen LogP contribution in [0.15, 0.2) is 41.4 Å². The highest BCUT2D eigenvalue weighted by Crippen LogP contribution is 2.20. The van der Waals surface area contributed by atoms with Gasteiger partial charge in [-0.2, -0.15) is 0 Å². The van der Waals surface area contributed by atoms with Crippen LogP contribution in [0.25, 0.3) is 0 Å². The van der Waals surface area contributed by atoms with E-state index in [2.05, 4.69) is 9.71 Å². The van der Waals surface area contributed by atoms with Gasteiger partial charge in [-0.25, -0.2) is 8.42 Å². The van der Waals surface area contributed by atoms with Gasteiger partial charge in [-0.15, -0.1) is 0 Å². The van der Waals surface area contributed by atoms with E-state index in [1.807, 2.05) is 6.92 Å². The van der Waals surface area contributed by atoms with Crippen molar-refractivity contribution in [3.05, 3.63) is 47.8 Å². The quantitative estimate of drug-likeness (QED) is 0.841. The van der Waals surface area contributed by atoms with Gasteiger partial charge in [-0.05, 0) is 43.7 Å². The van der Waals surface area contributed by atoms with E-state index in [9.17, 15) is 8.42 Å². The highest BCUT2D eigenvalue weighted by molar-refractivity contribution is 7.92. The number of nitrogen functional groups attached to an aromatic ring is 1. The van der Waals surface area contributed by atoms with E-state index >= 15 is 0 Å². The van der Waals surface area contributed by atoms with Gasteiger partial charge in [-0.1, -0.05) is 6.07 Å². The molecule has 19 heavy (non-hydrogen) atoms. The summed E-state index contributed by atoms with van der Waals surface area (Å²) in [7, 11) is -3.63. The van der Waals surface area contributed by atoms with Crippen molar-refractivity contribution in [3.63, 3.8) is 0 Å². The third kappa shape index (κ3) is 3.03. The molecule has 0 saturated carbocycles. The number of nitrogens with zero attached hydrogens (tertiary/aromatic N) is 1. The van der Waals surface area contributed by atoms with Crippen molar-refractivity contribution in [2.24, 2.45) is 0 Å². The lowest BCUT2D eigenvalue weighted by molar-refractivity contribution is 0.601. The van der Waals surface area contributed by atoms with Crippen LogP contribution >= 0.6 is 0 Å². The average Bonchev–Trinajstić information content (AvgIpc) is 2.32. The molecule has 0 saturated heterocycles. The van der Waals surface area contributed by atoms with Crippen molar-refractivity contribution >= 4 is 21.4 Å². The van der Waals surface area contributed by atoms with Gasteiger partial charge < -0.3 is 5.73 Å². The average molecular weight is 277 g/mol. The van der Waals surface area contributed by atoms with E-state index in [0.717, 1.165) is 11.3 Å². The Morgan fingerprint density at radius 1 is 1.16 bits per heavy atom. The fourth-order valence-electron chi connectivity index (χ4n) is 1.61. The number of aromatic nitrogens is 1. The molecule has 0 amide bonds. The van der Waals surface area contributed by atoms with Gasteiger partial charge >= 0.3 is 0 Å². The fourth-order valence-corrected chi connectivity index (χ4v) is 2.69. The maximum atomic E-state index is 12.2. The second-order valence-electron chi connectivity index (χ2n) is 4.31. The van der Waals surface area contributed by atoms with Crippen LogP contribution in [0.2, 0.25) is 0 Å². The number of nitrogens with two attached hydrogens (primary N) is 1. The van der Waals surface area contributed by atoms with Crippen LogP contribution in [0.5, 0.6) is 0 Å². The normalized spacial score (nSPS) is 11.3. The Morgan fingerprint density at radius 3 is 2.53 bits per heavy atom. The summed E-state index contributed by atoms with van der Waals surface area (Å²) in [6.45, 7) is 3.62. The van der Waals surface area contributed by atoms with E-state index in [1.54, 1.807) is 31.3 Å². The van der Waals surface area contributed by atoms with Crippen LogP contribution in [0.1, 0.15) is 11.3 Å². The molecule has 100 valence electrons. The third-order valence-electron chi connectivity index (χ3n) is 2.71. The Kier molecular flexibility index (Phi) is 3.44. The molecule has 0 radical (unpaired) electrons. The largest absolute Gasteiger partial charge is 0.398 e. The van der Waals surface area contributed by atoms with Crippen molar-refractivity contribution in [1.29, 1.82) is 0 Å². The number of sulfonamides is 1. The van der Waals surface area contributed by atoms with Gasteiger partial charge in [0.05, 0.1) is 10.6 Å². The maximum absolute atomic E-state index is 12.2. The second-order valence-corrected chi connectivity index (χ2v) is 5.99. The molecule has 1 aromatic heterocycles. The predicted octanol–water partition coefficient (Wildman–Crippen LogP) is 2.08. The first kappa shape index (κ1) is 13.4. The molecular weight excluding hydrogens is 262 g/mol. The number of aryl methyl sites for hydroxylation is 2. The molecule has 5 nitrogen and oxygen atoms in total. The van der Waals surface area contributed by atoms with Crippen molar-refractivity contribution in [2.75, 3.05) is 10.5 Å². The Bertz CT molecular complexity index is 712. The summed E-state index contributed by atoms with van der Waals surface area (Å²) in [5.41, 5.74) is 8.25. The van der Waals surface area contributed by atoms with Gasteiger partial charge in [-0.3, -0.25) is 9.71 Å². The molecule has 0 fully saturated rings. The smallest absolute Gasteiger partial charge is 0.261 e. The molecule has 6 heteroatoms. The maximum Gasteiger partial charge on any atom is 0.261 e. The minimum absolute atomic E-state index is 0.144.